The van der Waals surface area contributed by atoms with E-state index in [0.717, 1.165) is 17.5 Å². The van der Waals surface area contributed by atoms with Gasteiger partial charge in [0.05, 0.1) is 13.3 Å². The monoisotopic (exact) mass is 369 g/mol. The van der Waals surface area contributed by atoms with Crippen LogP contribution >= 0.6 is 0 Å². The Bertz CT molecular complexity index is 788. The van der Waals surface area contributed by atoms with E-state index >= 15 is 0 Å². The zero-order valence-corrected chi connectivity index (χ0v) is 15.2. The molecule has 0 aromatic heterocycles. The van der Waals surface area contributed by atoms with Gasteiger partial charge in [0.25, 0.3) is 0 Å². The number of hydrogen-bond acceptors (Lipinski definition) is 5. The van der Waals surface area contributed by atoms with E-state index in [2.05, 4.69) is 17.1 Å². The Labute approximate surface area is 158 Å². The van der Waals surface area contributed by atoms with E-state index in [-0.39, 0.29) is 0 Å². The molecule has 2 aromatic rings. The summed E-state index contributed by atoms with van der Waals surface area (Å²) in [6.07, 6.45) is 4.10. The molecule has 27 heavy (non-hydrogen) atoms. The lowest BCUT2D eigenvalue weighted by atomic mass is 10.1. The van der Waals surface area contributed by atoms with Crippen LogP contribution in [0.25, 0.3) is 0 Å². The van der Waals surface area contributed by atoms with Crippen LogP contribution < -0.4 is 25.4 Å². The van der Waals surface area contributed by atoms with Crippen molar-refractivity contribution in [3.05, 3.63) is 66.2 Å². The van der Waals surface area contributed by atoms with Gasteiger partial charge in [-0.1, -0.05) is 12.1 Å². The smallest absolute Gasteiger partial charge is 0.332 e. The molecule has 2 amide bonds. The number of carbonyl (C=O) groups is 1. The van der Waals surface area contributed by atoms with Crippen LogP contribution in [0.4, 0.5) is 4.79 Å². The third kappa shape index (κ3) is 6.74. The molecule has 0 radical (unpaired) electrons. The van der Waals surface area contributed by atoms with Gasteiger partial charge in [0.2, 0.25) is 0 Å². The molecule has 0 aliphatic heterocycles. The van der Waals surface area contributed by atoms with Crippen molar-refractivity contribution in [2.24, 2.45) is 10.8 Å². The van der Waals surface area contributed by atoms with E-state index in [0.29, 0.717) is 30.5 Å². The quantitative estimate of drug-likeness (QED) is 0.291. The Balaban J connectivity index is 1.80. The highest BCUT2D eigenvalue weighted by atomic mass is 16.5. The maximum absolute atomic E-state index is 10.5. The highest BCUT2D eigenvalue weighted by molar-refractivity contribution is 5.81. The summed E-state index contributed by atoms with van der Waals surface area (Å²) in [6, 6.07) is 12.3. The fourth-order valence-corrected chi connectivity index (χ4v) is 2.26. The number of nitrogens with zero attached hydrogens (tertiary/aromatic N) is 1. The summed E-state index contributed by atoms with van der Waals surface area (Å²) in [6.45, 7) is 4.49. The molecule has 0 heterocycles. The van der Waals surface area contributed by atoms with E-state index in [1.54, 1.807) is 19.2 Å². The van der Waals surface area contributed by atoms with E-state index in [1.807, 2.05) is 36.4 Å². The molecular formula is C20H23N3O4. The molecule has 7 heteroatoms. The number of methoxy groups -OCH3 is 1. The maximum Gasteiger partial charge on any atom is 0.332 e. The van der Waals surface area contributed by atoms with Crippen molar-refractivity contribution < 1.29 is 19.0 Å². The highest BCUT2D eigenvalue weighted by Crippen LogP contribution is 2.28. The summed E-state index contributed by atoms with van der Waals surface area (Å²) >= 11 is 0. The Morgan fingerprint density at radius 2 is 1.89 bits per heavy atom. The first-order valence-corrected chi connectivity index (χ1v) is 8.34. The first-order valence-electron chi connectivity index (χ1n) is 8.34. The lowest BCUT2D eigenvalue weighted by Crippen LogP contribution is -2.24. The predicted octanol–water partition coefficient (Wildman–Crippen LogP) is 2.88. The largest absolute Gasteiger partial charge is 0.493 e. The number of carbonyl (C=O) groups excluding carboxylic acids is 1. The van der Waals surface area contributed by atoms with Gasteiger partial charge in [-0.3, -0.25) is 0 Å². The number of ether oxygens (including phenoxy) is 3. The van der Waals surface area contributed by atoms with Crippen LogP contribution in [-0.4, -0.2) is 32.6 Å². The number of urea groups is 1. The van der Waals surface area contributed by atoms with Crippen LogP contribution in [0, 0.1) is 0 Å². The highest BCUT2D eigenvalue weighted by Gasteiger charge is 2.05. The molecule has 0 saturated carbocycles. The standard InChI is InChI=1S/C20H23N3O4/c1-3-4-15-7-10-18(19(13-15)25-2)27-12-11-26-17-8-5-16(6-9-17)14-22-23-20(21)24/h3,5-10,13-14H,1,4,11-12H2,2H3,(H3,21,23,24)/b22-14+. The average Bonchev–Trinajstić information content (AvgIpc) is 2.67. The third-order valence-corrected chi connectivity index (χ3v) is 3.49. The lowest BCUT2D eigenvalue weighted by molar-refractivity contribution is 0.211. The summed E-state index contributed by atoms with van der Waals surface area (Å²) < 4.78 is 16.7. The SMILES string of the molecule is C=CCc1ccc(OCCOc2ccc(/C=N/NC(N)=O)cc2)c(OC)c1. The van der Waals surface area contributed by atoms with Gasteiger partial charge in [0, 0.05) is 0 Å². The van der Waals surface area contributed by atoms with E-state index < -0.39 is 6.03 Å². The van der Waals surface area contributed by atoms with Crippen molar-refractivity contribution >= 4 is 12.2 Å². The second kappa shape index (κ2) is 10.5. The molecule has 0 aliphatic rings. The van der Waals surface area contributed by atoms with Gasteiger partial charge in [0.15, 0.2) is 11.5 Å². The number of hydrogen-bond donors (Lipinski definition) is 2. The number of amides is 2. The van der Waals surface area contributed by atoms with Gasteiger partial charge in [-0.2, -0.15) is 5.10 Å². The second-order valence-corrected chi connectivity index (χ2v) is 5.48. The molecule has 0 saturated heterocycles. The van der Waals surface area contributed by atoms with E-state index in [4.69, 9.17) is 19.9 Å². The number of rotatable bonds is 10. The molecule has 0 atom stereocenters. The molecule has 0 aliphatic carbocycles. The van der Waals surface area contributed by atoms with Crippen LogP contribution in [0.5, 0.6) is 17.2 Å². The fourth-order valence-electron chi connectivity index (χ4n) is 2.26. The summed E-state index contributed by atoms with van der Waals surface area (Å²) in [5, 5.41) is 3.69. The Morgan fingerprint density at radius 1 is 1.15 bits per heavy atom. The Hall–Kier alpha value is -3.48. The van der Waals surface area contributed by atoms with Crippen LogP contribution in [0.2, 0.25) is 0 Å². The van der Waals surface area contributed by atoms with Gasteiger partial charge in [-0.05, 0) is 53.9 Å². The molecule has 7 nitrogen and oxygen atoms in total. The van der Waals surface area contributed by atoms with Crippen LogP contribution in [-0.2, 0) is 6.42 Å². The first kappa shape index (κ1) is 19.8. The maximum atomic E-state index is 10.5. The second-order valence-electron chi connectivity index (χ2n) is 5.48. The summed E-state index contributed by atoms with van der Waals surface area (Å²) in [5.74, 6) is 2.05. The Kier molecular flexibility index (Phi) is 7.71. The molecule has 0 bridgehead atoms. The predicted molar refractivity (Wildman–Crippen MR) is 105 cm³/mol. The molecule has 0 spiro atoms. The number of primary amides is 1. The fraction of sp³-hybridized carbons (Fsp3) is 0.200. The molecule has 3 N–H and O–H groups in total. The average molecular weight is 369 g/mol. The van der Waals surface area contributed by atoms with E-state index in [9.17, 15) is 4.79 Å². The topological polar surface area (TPSA) is 95.2 Å². The van der Waals surface area contributed by atoms with Gasteiger partial charge in [-0.15, -0.1) is 6.58 Å². The summed E-state index contributed by atoms with van der Waals surface area (Å²) in [7, 11) is 1.61. The summed E-state index contributed by atoms with van der Waals surface area (Å²) in [5.41, 5.74) is 8.97. The number of nitrogens with one attached hydrogen (secondary N) is 1. The van der Waals surface area contributed by atoms with E-state index in [1.165, 1.54) is 6.21 Å². The van der Waals surface area contributed by atoms with Crippen molar-refractivity contribution in [3.63, 3.8) is 0 Å². The summed E-state index contributed by atoms with van der Waals surface area (Å²) in [4.78, 5) is 10.5. The van der Waals surface area contributed by atoms with Gasteiger partial charge < -0.3 is 19.9 Å². The van der Waals surface area contributed by atoms with Crippen molar-refractivity contribution in [3.8, 4) is 17.2 Å². The van der Waals surface area contributed by atoms with Gasteiger partial charge >= 0.3 is 6.03 Å². The zero-order valence-electron chi connectivity index (χ0n) is 15.2. The molecular weight excluding hydrogens is 346 g/mol. The van der Waals surface area contributed by atoms with Crippen molar-refractivity contribution in [1.82, 2.24) is 5.43 Å². The van der Waals surface area contributed by atoms with Crippen molar-refractivity contribution in [2.45, 2.75) is 6.42 Å². The Morgan fingerprint density at radius 3 is 2.56 bits per heavy atom. The molecule has 2 aromatic carbocycles. The van der Waals surface area contributed by atoms with Crippen molar-refractivity contribution in [1.29, 1.82) is 0 Å². The van der Waals surface area contributed by atoms with Crippen LogP contribution in [0.1, 0.15) is 11.1 Å². The molecule has 142 valence electrons. The number of allylic oxidation sites excluding steroid dienone is 1. The minimum absolute atomic E-state index is 0.378. The lowest BCUT2D eigenvalue weighted by Gasteiger charge is -2.12. The minimum atomic E-state index is -0.710. The number of benzene rings is 2. The third-order valence-electron chi connectivity index (χ3n) is 3.49. The molecule has 2 rings (SSSR count). The number of hydrazone groups is 1. The molecule has 0 fully saturated rings. The van der Waals surface area contributed by atoms with Crippen LogP contribution in [0.15, 0.2) is 60.2 Å². The normalized spacial score (nSPS) is 10.4. The van der Waals surface area contributed by atoms with Crippen LogP contribution in [0.3, 0.4) is 0 Å². The molecule has 0 unspecified atom stereocenters. The van der Waals surface area contributed by atoms with Crippen molar-refractivity contribution in [2.75, 3.05) is 20.3 Å². The zero-order chi connectivity index (χ0) is 19.5. The number of nitrogens with two attached hydrogens (primary N) is 1. The first-order chi connectivity index (χ1) is 13.1. The van der Waals surface area contributed by atoms with Gasteiger partial charge in [0.1, 0.15) is 19.0 Å². The minimum Gasteiger partial charge on any atom is -0.493 e. The van der Waals surface area contributed by atoms with Gasteiger partial charge in [-0.25, -0.2) is 10.2 Å².